The minimum Gasteiger partial charge on any atom is -0.355 e. The number of nitrogens with one attached hydrogen (secondary N) is 2. The summed E-state index contributed by atoms with van der Waals surface area (Å²) in [4.78, 5) is 42.8. The number of H-pyrrole nitrogens is 1. The maximum atomic E-state index is 13.9. The van der Waals surface area contributed by atoms with Crippen LogP contribution in [0.15, 0.2) is 29.1 Å². The van der Waals surface area contributed by atoms with Crippen LogP contribution in [0.2, 0.25) is 0 Å². The number of piperazine rings is 1. The van der Waals surface area contributed by atoms with Gasteiger partial charge < -0.3 is 15.2 Å². The van der Waals surface area contributed by atoms with Gasteiger partial charge >= 0.3 is 0 Å². The topological polar surface area (TPSA) is 85.5 Å². The Morgan fingerprint density at radius 1 is 1.23 bits per heavy atom. The number of hydrogen-bond acceptors (Lipinski definition) is 4. The number of carbonyl (C=O) groups is 2. The number of halogens is 1. The summed E-state index contributed by atoms with van der Waals surface area (Å²) in [5, 5.41) is 2.96. The number of pyridine rings is 1. The molecular formula is C18H21FN4O3. The van der Waals surface area contributed by atoms with Gasteiger partial charge in [0, 0.05) is 44.2 Å². The van der Waals surface area contributed by atoms with Crippen LogP contribution in [0.25, 0.3) is 10.9 Å². The third kappa shape index (κ3) is 3.75. The molecular weight excluding hydrogens is 339 g/mol. The van der Waals surface area contributed by atoms with Crippen molar-refractivity contribution in [1.29, 1.82) is 0 Å². The molecule has 1 aromatic carbocycles. The summed E-state index contributed by atoms with van der Waals surface area (Å²) in [5.41, 5.74) is -0.278. The van der Waals surface area contributed by atoms with Crippen molar-refractivity contribution < 1.29 is 14.0 Å². The lowest BCUT2D eigenvalue weighted by Crippen LogP contribution is -2.51. The van der Waals surface area contributed by atoms with Gasteiger partial charge in [-0.15, -0.1) is 0 Å². The highest BCUT2D eigenvalue weighted by Crippen LogP contribution is 2.14. The smallest absolute Gasteiger partial charge is 0.270 e. The van der Waals surface area contributed by atoms with Crippen molar-refractivity contribution in [2.24, 2.45) is 0 Å². The molecule has 0 saturated carbocycles. The SMILES string of the molecule is CCNC(=O)CN1CCN(C(=O)c2cc(=O)c3cccc(F)c3[nH]2)CC1. The molecule has 1 saturated heterocycles. The highest BCUT2D eigenvalue weighted by molar-refractivity contribution is 5.95. The minimum absolute atomic E-state index is 0.0400. The third-order valence-electron chi connectivity index (χ3n) is 4.45. The fourth-order valence-electron chi connectivity index (χ4n) is 3.09. The van der Waals surface area contributed by atoms with E-state index in [1.165, 1.54) is 24.3 Å². The van der Waals surface area contributed by atoms with Gasteiger partial charge in [-0.3, -0.25) is 19.3 Å². The molecule has 0 unspecified atom stereocenters. The fourth-order valence-corrected chi connectivity index (χ4v) is 3.09. The lowest BCUT2D eigenvalue weighted by Gasteiger charge is -2.34. The number of aromatic nitrogens is 1. The molecule has 1 aliphatic rings. The molecule has 1 aliphatic heterocycles. The van der Waals surface area contributed by atoms with Crippen LogP contribution in [0.1, 0.15) is 17.4 Å². The second-order valence-electron chi connectivity index (χ2n) is 6.23. The Morgan fingerprint density at radius 2 is 1.96 bits per heavy atom. The average Bonchev–Trinajstić information content (AvgIpc) is 2.63. The summed E-state index contributed by atoms with van der Waals surface area (Å²) in [6, 6.07) is 5.44. The molecule has 26 heavy (non-hydrogen) atoms. The van der Waals surface area contributed by atoms with Crippen molar-refractivity contribution in [2.45, 2.75) is 6.92 Å². The second-order valence-corrected chi connectivity index (χ2v) is 6.23. The minimum atomic E-state index is -0.569. The zero-order valence-corrected chi connectivity index (χ0v) is 14.5. The van der Waals surface area contributed by atoms with E-state index in [1.807, 2.05) is 11.8 Å². The summed E-state index contributed by atoms with van der Waals surface area (Å²) in [6.07, 6.45) is 0. The van der Waals surface area contributed by atoms with Crippen molar-refractivity contribution in [3.63, 3.8) is 0 Å². The summed E-state index contributed by atoms with van der Waals surface area (Å²) in [5.74, 6) is -0.951. The molecule has 0 radical (unpaired) electrons. The third-order valence-corrected chi connectivity index (χ3v) is 4.45. The van der Waals surface area contributed by atoms with E-state index in [2.05, 4.69) is 10.3 Å². The molecule has 138 valence electrons. The number of aromatic amines is 1. The van der Waals surface area contributed by atoms with Crippen LogP contribution in [0.4, 0.5) is 4.39 Å². The normalized spacial score (nSPS) is 15.2. The molecule has 0 bridgehead atoms. The molecule has 3 rings (SSSR count). The van der Waals surface area contributed by atoms with Crippen LogP contribution in [-0.4, -0.2) is 65.9 Å². The molecule has 2 amide bonds. The lowest BCUT2D eigenvalue weighted by molar-refractivity contribution is -0.122. The van der Waals surface area contributed by atoms with Crippen LogP contribution < -0.4 is 10.7 Å². The fraction of sp³-hybridized carbons (Fsp3) is 0.389. The first-order chi connectivity index (χ1) is 12.5. The highest BCUT2D eigenvalue weighted by Gasteiger charge is 2.24. The summed E-state index contributed by atoms with van der Waals surface area (Å²) in [7, 11) is 0. The largest absolute Gasteiger partial charge is 0.355 e. The zero-order chi connectivity index (χ0) is 18.7. The van der Waals surface area contributed by atoms with Crippen molar-refractivity contribution >= 4 is 22.7 Å². The number of benzene rings is 1. The first-order valence-electron chi connectivity index (χ1n) is 8.59. The Labute approximate surface area is 149 Å². The maximum absolute atomic E-state index is 13.9. The Hall–Kier alpha value is -2.74. The van der Waals surface area contributed by atoms with Gasteiger partial charge in [0.1, 0.15) is 11.5 Å². The summed E-state index contributed by atoms with van der Waals surface area (Å²) >= 11 is 0. The number of carbonyl (C=O) groups excluding carboxylic acids is 2. The van der Waals surface area contributed by atoms with E-state index >= 15 is 0 Å². The van der Waals surface area contributed by atoms with Crippen LogP contribution in [-0.2, 0) is 4.79 Å². The van der Waals surface area contributed by atoms with Crippen LogP contribution in [0.3, 0.4) is 0 Å². The van der Waals surface area contributed by atoms with Crippen LogP contribution in [0, 0.1) is 5.82 Å². The second kappa shape index (κ2) is 7.65. The van der Waals surface area contributed by atoms with Gasteiger partial charge in [-0.1, -0.05) is 6.07 Å². The van der Waals surface area contributed by atoms with Gasteiger partial charge in [0.15, 0.2) is 5.43 Å². The number of rotatable bonds is 4. The Kier molecular flexibility index (Phi) is 5.32. The van der Waals surface area contributed by atoms with Gasteiger partial charge in [0.25, 0.3) is 5.91 Å². The van der Waals surface area contributed by atoms with E-state index in [4.69, 9.17) is 0 Å². The Balaban J connectivity index is 1.71. The molecule has 7 nitrogen and oxygen atoms in total. The number of amides is 2. The first kappa shape index (κ1) is 18.1. The van der Waals surface area contributed by atoms with Crippen molar-refractivity contribution in [3.05, 3.63) is 46.0 Å². The van der Waals surface area contributed by atoms with E-state index in [1.54, 1.807) is 4.90 Å². The van der Waals surface area contributed by atoms with Crippen molar-refractivity contribution in [3.8, 4) is 0 Å². The van der Waals surface area contributed by atoms with Gasteiger partial charge in [0.05, 0.1) is 12.1 Å². The molecule has 2 heterocycles. The summed E-state index contributed by atoms with van der Waals surface area (Å²) < 4.78 is 13.9. The number of fused-ring (bicyclic) bond motifs is 1. The van der Waals surface area contributed by atoms with Crippen molar-refractivity contribution in [2.75, 3.05) is 39.3 Å². The van der Waals surface area contributed by atoms with Crippen LogP contribution >= 0.6 is 0 Å². The van der Waals surface area contributed by atoms with E-state index in [-0.39, 0.29) is 28.4 Å². The Bertz CT molecular complexity index is 888. The monoisotopic (exact) mass is 360 g/mol. The lowest BCUT2D eigenvalue weighted by atomic mass is 10.1. The predicted octanol–water partition coefficient (Wildman–Crippen LogP) is 0.561. The Morgan fingerprint density at radius 3 is 2.65 bits per heavy atom. The molecule has 1 aromatic heterocycles. The number of nitrogens with zero attached hydrogens (tertiary/aromatic N) is 2. The van der Waals surface area contributed by atoms with Gasteiger partial charge in [0.2, 0.25) is 5.91 Å². The molecule has 2 aromatic rings. The average molecular weight is 360 g/mol. The highest BCUT2D eigenvalue weighted by atomic mass is 19.1. The standard InChI is InChI=1S/C18H21FN4O3/c1-2-20-16(25)11-22-6-8-23(9-7-22)18(26)14-10-15(24)12-4-3-5-13(19)17(12)21-14/h3-5,10H,2,6-9,11H2,1H3,(H,20,25)(H,21,24). The number of para-hydroxylation sites is 1. The van der Waals surface area contributed by atoms with Gasteiger partial charge in [-0.2, -0.15) is 0 Å². The number of likely N-dealkylation sites (N-methyl/N-ethyl adjacent to an activating group) is 1. The van der Waals surface area contributed by atoms with E-state index in [0.29, 0.717) is 39.3 Å². The molecule has 8 heteroatoms. The maximum Gasteiger partial charge on any atom is 0.270 e. The molecule has 0 atom stereocenters. The zero-order valence-electron chi connectivity index (χ0n) is 14.5. The molecule has 2 N–H and O–H groups in total. The van der Waals surface area contributed by atoms with E-state index in [0.717, 1.165) is 0 Å². The first-order valence-corrected chi connectivity index (χ1v) is 8.59. The quantitative estimate of drug-likeness (QED) is 0.834. The predicted molar refractivity (Wildman–Crippen MR) is 95.6 cm³/mol. The van der Waals surface area contributed by atoms with Gasteiger partial charge in [-0.25, -0.2) is 4.39 Å². The molecule has 0 aliphatic carbocycles. The van der Waals surface area contributed by atoms with E-state index < -0.39 is 11.2 Å². The van der Waals surface area contributed by atoms with Crippen molar-refractivity contribution in [1.82, 2.24) is 20.1 Å². The number of hydrogen-bond donors (Lipinski definition) is 2. The molecule has 0 spiro atoms. The summed E-state index contributed by atoms with van der Waals surface area (Å²) in [6.45, 7) is 4.76. The van der Waals surface area contributed by atoms with Crippen LogP contribution in [0.5, 0.6) is 0 Å². The van der Waals surface area contributed by atoms with Gasteiger partial charge in [-0.05, 0) is 19.1 Å². The van der Waals surface area contributed by atoms with E-state index in [9.17, 15) is 18.8 Å². The molecule has 1 fully saturated rings.